The van der Waals surface area contributed by atoms with E-state index in [-0.39, 0.29) is 0 Å². The molecule has 0 aromatic carbocycles. The second kappa shape index (κ2) is 6.68. The molecule has 1 aliphatic heterocycles. The van der Waals surface area contributed by atoms with E-state index in [4.69, 9.17) is 11.6 Å². The van der Waals surface area contributed by atoms with Gasteiger partial charge in [0.05, 0.1) is 4.47 Å². The highest BCUT2D eigenvalue weighted by atomic mass is 79.9. The SMILES string of the molecule is CC(CN1CCCCC1)Nc1ncnc(Cl)c1Br. The van der Waals surface area contributed by atoms with E-state index < -0.39 is 0 Å². The Morgan fingerprint density at radius 1 is 1.39 bits per heavy atom. The third-order valence-electron chi connectivity index (χ3n) is 3.11. The van der Waals surface area contributed by atoms with Crippen LogP contribution in [0.1, 0.15) is 26.2 Å². The van der Waals surface area contributed by atoms with Crippen LogP contribution in [-0.4, -0.2) is 40.5 Å². The van der Waals surface area contributed by atoms with Gasteiger partial charge in [0.15, 0.2) is 0 Å². The van der Waals surface area contributed by atoms with E-state index >= 15 is 0 Å². The second-order valence-electron chi connectivity index (χ2n) is 4.73. The molecule has 18 heavy (non-hydrogen) atoms. The van der Waals surface area contributed by atoms with Gasteiger partial charge in [0, 0.05) is 12.6 Å². The lowest BCUT2D eigenvalue weighted by Crippen LogP contribution is -2.38. The Balaban J connectivity index is 1.90. The molecule has 4 nitrogen and oxygen atoms in total. The maximum Gasteiger partial charge on any atom is 0.148 e. The zero-order chi connectivity index (χ0) is 13.0. The molecule has 2 heterocycles. The molecule has 1 aromatic rings. The maximum atomic E-state index is 5.94. The number of hydrogen-bond acceptors (Lipinski definition) is 4. The van der Waals surface area contributed by atoms with Crippen molar-refractivity contribution in [2.24, 2.45) is 0 Å². The van der Waals surface area contributed by atoms with Gasteiger partial charge in [0.2, 0.25) is 0 Å². The molecule has 0 bridgehead atoms. The number of halogens is 2. The summed E-state index contributed by atoms with van der Waals surface area (Å²) < 4.78 is 0.733. The number of piperidine rings is 1. The highest BCUT2D eigenvalue weighted by Gasteiger charge is 2.15. The molecule has 0 aliphatic carbocycles. The lowest BCUT2D eigenvalue weighted by molar-refractivity contribution is 0.223. The van der Waals surface area contributed by atoms with Crippen LogP contribution in [-0.2, 0) is 0 Å². The van der Waals surface area contributed by atoms with Crippen molar-refractivity contribution >= 4 is 33.3 Å². The topological polar surface area (TPSA) is 41.0 Å². The molecule has 1 atom stereocenters. The lowest BCUT2D eigenvalue weighted by atomic mass is 10.1. The Kier molecular flexibility index (Phi) is 5.21. The summed E-state index contributed by atoms with van der Waals surface area (Å²) in [6.07, 6.45) is 5.47. The summed E-state index contributed by atoms with van der Waals surface area (Å²) in [6.45, 7) is 5.61. The molecule has 2 rings (SSSR count). The first-order valence-electron chi connectivity index (χ1n) is 6.31. The monoisotopic (exact) mass is 332 g/mol. The molecule has 100 valence electrons. The summed E-state index contributed by atoms with van der Waals surface area (Å²) in [4.78, 5) is 10.6. The van der Waals surface area contributed by atoms with E-state index in [0.29, 0.717) is 11.2 Å². The molecule has 0 saturated carbocycles. The molecule has 1 aliphatic rings. The van der Waals surface area contributed by atoms with Gasteiger partial charge in [0.25, 0.3) is 0 Å². The van der Waals surface area contributed by atoms with Crippen LogP contribution >= 0.6 is 27.5 Å². The zero-order valence-electron chi connectivity index (χ0n) is 10.5. The largest absolute Gasteiger partial charge is 0.365 e. The highest BCUT2D eigenvalue weighted by Crippen LogP contribution is 2.26. The van der Waals surface area contributed by atoms with Crippen molar-refractivity contribution in [3.8, 4) is 0 Å². The average molecular weight is 334 g/mol. The Hall–Kier alpha value is -0.390. The molecule has 6 heteroatoms. The number of likely N-dealkylation sites (tertiary alicyclic amines) is 1. The van der Waals surface area contributed by atoms with Crippen molar-refractivity contribution in [1.29, 1.82) is 0 Å². The number of nitrogens with zero attached hydrogens (tertiary/aromatic N) is 3. The summed E-state index contributed by atoms with van der Waals surface area (Å²) in [5.41, 5.74) is 0. The minimum atomic E-state index is 0.338. The lowest BCUT2D eigenvalue weighted by Gasteiger charge is -2.29. The number of aromatic nitrogens is 2. The molecular formula is C12H18BrClN4. The van der Waals surface area contributed by atoms with Gasteiger partial charge in [-0.2, -0.15) is 0 Å². The Labute approximate surface area is 121 Å². The summed E-state index contributed by atoms with van der Waals surface area (Å²) in [6, 6.07) is 0.338. The summed E-state index contributed by atoms with van der Waals surface area (Å²) in [5.74, 6) is 0.763. The third-order valence-corrected chi connectivity index (χ3v) is 4.38. The average Bonchev–Trinajstić information content (AvgIpc) is 2.36. The molecule has 0 amide bonds. The van der Waals surface area contributed by atoms with Gasteiger partial charge in [-0.15, -0.1) is 0 Å². The normalized spacial score (nSPS) is 18.6. The van der Waals surface area contributed by atoms with E-state index in [9.17, 15) is 0 Å². The van der Waals surface area contributed by atoms with Crippen LogP contribution in [0.5, 0.6) is 0 Å². The second-order valence-corrected chi connectivity index (χ2v) is 5.88. The van der Waals surface area contributed by atoms with Crippen LogP contribution in [0.3, 0.4) is 0 Å². The predicted octanol–water partition coefficient (Wildman–Crippen LogP) is 3.18. The molecule has 1 aromatic heterocycles. The fourth-order valence-electron chi connectivity index (χ4n) is 2.26. The van der Waals surface area contributed by atoms with Crippen LogP contribution < -0.4 is 5.32 Å². The maximum absolute atomic E-state index is 5.94. The number of anilines is 1. The Morgan fingerprint density at radius 3 is 2.83 bits per heavy atom. The van der Waals surface area contributed by atoms with Crippen molar-refractivity contribution in [3.05, 3.63) is 16.0 Å². The molecule has 0 spiro atoms. The first-order valence-corrected chi connectivity index (χ1v) is 7.49. The van der Waals surface area contributed by atoms with Crippen LogP contribution in [0.2, 0.25) is 5.15 Å². The number of nitrogens with one attached hydrogen (secondary N) is 1. The van der Waals surface area contributed by atoms with E-state index in [1.807, 2.05) is 0 Å². The van der Waals surface area contributed by atoms with Crippen molar-refractivity contribution in [2.45, 2.75) is 32.2 Å². The van der Waals surface area contributed by atoms with Gasteiger partial charge in [0.1, 0.15) is 17.3 Å². The molecule has 1 N–H and O–H groups in total. The standard InChI is InChI=1S/C12H18BrClN4/c1-9(7-18-5-3-2-4-6-18)17-12-10(13)11(14)15-8-16-12/h8-9H,2-7H2,1H3,(H,15,16,17). The molecule has 1 unspecified atom stereocenters. The minimum Gasteiger partial charge on any atom is -0.365 e. The fraction of sp³-hybridized carbons (Fsp3) is 0.667. The summed E-state index contributed by atoms with van der Waals surface area (Å²) in [7, 11) is 0. The van der Waals surface area contributed by atoms with E-state index in [1.54, 1.807) is 0 Å². The van der Waals surface area contributed by atoms with Crippen molar-refractivity contribution in [2.75, 3.05) is 25.0 Å². The Bertz CT molecular complexity index is 396. The van der Waals surface area contributed by atoms with E-state index in [1.165, 1.54) is 38.7 Å². The van der Waals surface area contributed by atoms with Gasteiger partial charge in [-0.25, -0.2) is 9.97 Å². The number of rotatable bonds is 4. The van der Waals surface area contributed by atoms with Gasteiger partial charge in [-0.3, -0.25) is 0 Å². The smallest absolute Gasteiger partial charge is 0.148 e. The fourth-order valence-corrected chi connectivity index (χ4v) is 2.71. The molecular weight excluding hydrogens is 316 g/mol. The van der Waals surface area contributed by atoms with Crippen LogP contribution in [0.25, 0.3) is 0 Å². The third kappa shape index (κ3) is 3.80. The molecule has 1 saturated heterocycles. The van der Waals surface area contributed by atoms with E-state index in [0.717, 1.165) is 16.8 Å². The highest BCUT2D eigenvalue weighted by molar-refractivity contribution is 9.10. The summed E-state index contributed by atoms with van der Waals surface area (Å²) >= 11 is 9.34. The minimum absolute atomic E-state index is 0.338. The first kappa shape index (κ1) is 14.0. The summed E-state index contributed by atoms with van der Waals surface area (Å²) in [5, 5.41) is 3.82. The van der Waals surface area contributed by atoms with Gasteiger partial charge in [-0.05, 0) is 48.8 Å². The Morgan fingerprint density at radius 2 is 2.11 bits per heavy atom. The first-order chi connectivity index (χ1) is 8.66. The predicted molar refractivity (Wildman–Crippen MR) is 78.1 cm³/mol. The van der Waals surface area contributed by atoms with Crippen LogP contribution in [0.4, 0.5) is 5.82 Å². The van der Waals surface area contributed by atoms with Crippen LogP contribution in [0, 0.1) is 0 Å². The van der Waals surface area contributed by atoms with Gasteiger partial charge in [-0.1, -0.05) is 18.0 Å². The van der Waals surface area contributed by atoms with Gasteiger partial charge < -0.3 is 10.2 Å². The van der Waals surface area contributed by atoms with E-state index in [2.05, 4.69) is 43.0 Å². The van der Waals surface area contributed by atoms with Gasteiger partial charge >= 0.3 is 0 Å². The number of hydrogen-bond donors (Lipinski definition) is 1. The van der Waals surface area contributed by atoms with Crippen molar-refractivity contribution in [1.82, 2.24) is 14.9 Å². The van der Waals surface area contributed by atoms with Crippen molar-refractivity contribution in [3.63, 3.8) is 0 Å². The quantitative estimate of drug-likeness (QED) is 0.859. The zero-order valence-corrected chi connectivity index (χ0v) is 12.8. The van der Waals surface area contributed by atoms with Crippen LogP contribution in [0.15, 0.2) is 10.8 Å². The molecule has 0 radical (unpaired) electrons. The van der Waals surface area contributed by atoms with Crippen molar-refractivity contribution < 1.29 is 0 Å². The molecule has 1 fully saturated rings.